The highest BCUT2D eigenvalue weighted by atomic mass is 79.9. The van der Waals surface area contributed by atoms with Crippen LogP contribution in [0.2, 0.25) is 0 Å². The van der Waals surface area contributed by atoms with Crippen molar-refractivity contribution in [2.45, 2.75) is 0 Å². The molecule has 2 rings (SSSR count). The lowest BCUT2D eigenvalue weighted by molar-refractivity contribution is 0.0975. The van der Waals surface area contributed by atoms with E-state index in [1.807, 2.05) is 18.2 Å². The van der Waals surface area contributed by atoms with Gasteiger partial charge >= 0.3 is 0 Å². The van der Waals surface area contributed by atoms with Gasteiger partial charge < -0.3 is 10.2 Å². The molecule has 0 spiro atoms. The van der Waals surface area contributed by atoms with Crippen molar-refractivity contribution in [3.8, 4) is 0 Å². The van der Waals surface area contributed by atoms with Crippen LogP contribution in [-0.4, -0.2) is 5.91 Å². The smallest absolute Gasteiger partial charge is 0.285 e. The molecule has 0 fully saturated rings. The molecule has 1 aromatic carbocycles. The summed E-state index contributed by atoms with van der Waals surface area (Å²) in [4.78, 5) is 10.9. The van der Waals surface area contributed by atoms with Crippen LogP contribution in [0.4, 0.5) is 0 Å². The molecule has 0 radical (unpaired) electrons. The number of hydrogen-bond acceptors (Lipinski definition) is 2. The first-order valence-electron chi connectivity index (χ1n) is 3.67. The van der Waals surface area contributed by atoms with E-state index in [2.05, 4.69) is 15.9 Å². The molecule has 1 heterocycles. The van der Waals surface area contributed by atoms with Crippen LogP contribution in [0, 0.1) is 0 Å². The van der Waals surface area contributed by atoms with E-state index in [0.717, 1.165) is 5.39 Å². The lowest BCUT2D eigenvalue weighted by Gasteiger charge is -1.86. The fourth-order valence-corrected chi connectivity index (χ4v) is 1.78. The molecule has 2 aromatic rings. The summed E-state index contributed by atoms with van der Waals surface area (Å²) in [5.74, 6) is -0.399. The van der Waals surface area contributed by atoms with E-state index < -0.39 is 5.91 Å². The highest BCUT2D eigenvalue weighted by Crippen LogP contribution is 2.29. The van der Waals surface area contributed by atoms with E-state index in [1.165, 1.54) is 0 Å². The minimum absolute atomic E-state index is 0.168. The summed E-state index contributed by atoms with van der Waals surface area (Å²) >= 11 is 3.26. The minimum Gasteiger partial charge on any atom is -0.450 e. The predicted molar refractivity (Wildman–Crippen MR) is 52.4 cm³/mol. The number of halogens is 1. The maximum absolute atomic E-state index is 10.9. The standard InChI is InChI=1S/C9H6BrNO2/c10-7-5-3-1-2-4-6(5)13-8(7)9(11)12/h1-4H,(H2,11,12). The van der Waals surface area contributed by atoms with E-state index >= 15 is 0 Å². The Hall–Kier alpha value is -1.29. The molecule has 0 bridgehead atoms. The average Bonchev–Trinajstić information content (AvgIpc) is 2.45. The molecule has 0 saturated carbocycles. The molecule has 0 aliphatic rings. The highest BCUT2D eigenvalue weighted by Gasteiger charge is 2.15. The number of rotatable bonds is 1. The van der Waals surface area contributed by atoms with Gasteiger partial charge in [-0.1, -0.05) is 12.1 Å². The largest absolute Gasteiger partial charge is 0.450 e. The van der Waals surface area contributed by atoms with Gasteiger partial charge in [0.25, 0.3) is 5.91 Å². The molecule has 2 N–H and O–H groups in total. The number of benzene rings is 1. The van der Waals surface area contributed by atoms with Crippen molar-refractivity contribution in [2.75, 3.05) is 0 Å². The Morgan fingerprint density at radius 3 is 2.69 bits per heavy atom. The van der Waals surface area contributed by atoms with Crippen LogP contribution in [0.3, 0.4) is 0 Å². The Kier molecular flexibility index (Phi) is 1.84. The minimum atomic E-state index is -0.567. The quantitative estimate of drug-likeness (QED) is 0.831. The fraction of sp³-hybridized carbons (Fsp3) is 0. The normalized spacial score (nSPS) is 10.5. The first-order valence-corrected chi connectivity index (χ1v) is 4.46. The summed E-state index contributed by atoms with van der Waals surface area (Å²) in [7, 11) is 0. The number of fused-ring (bicyclic) bond motifs is 1. The van der Waals surface area contributed by atoms with Gasteiger partial charge in [0, 0.05) is 5.39 Å². The van der Waals surface area contributed by atoms with Crippen molar-refractivity contribution in [2.24, 2.45) is 5.73 Å². The molecule has 1 aromatic heterocycles. The highest BCUT2D eigenvalue weighted by molar-refractivity contribution is 9.10. The van der Waals surface area contributed by atoms with E-state index in [0.29, 0.717) is 10.1 Å². The summed E-state index contributed by atoms with van der Waals surface area (Å²) in [6.07, 6.45) is 0. The lowest BCUT2D eigenvalue weighted by Crippen LogP contribution is -2.09. The van der Waals surface area contributed by atoms with Crippen molar-refractivity contribution in [1.82, 2.24) is 0 Å². The first-order chi connectivity index (χ1) is 6.20. The maximum atomic E-state index is 10.9. The maximum Gasteiger partial charge on any atom is 0.285 e. The lowest BCUT2D eigenvalue weighted by atomic mass is 10.2. The molecule has 4 heteroatoms. The van der Waals surface area contributed by atoms with Crippen LogP contribution in [0.15, 0.2) is 33.2 Å². The molecule has 0 unspecified atom stereocenters. The van der Waals surface area contributed by atoms with Gasteiger partial charge in [0.15, 0.2) is 0 Å². The van der Waals surface area contributed by atoms with Gasteiger partial charge in [0.1, 0.15) is 5.58 Å². The molecule has 66 valence electrons. The van der Waals surface area contributed by atoms with Crippen LogP contribution in [0.25, 0.3) is 11.0 Å². The Labute approximate surface area is 82.6 Å². The number of primary amides is 1. The summed E-state index contributed by atoms with van der Waals surface area (Å²) in [5.41, 5.74) is 5.77. The summed E-state index contributed by atoms with van der Waals surface area (Å²) < 4.78 is 5.86. The van der Waals surface area contributed by atoms with Gasteiger partial charge in [-0.2, -0.15) is 0 Å². The SMILES string of the molecule is NC(=O)c1oc2ccccc2c1Br. The topological polar surface area (TPSA) is 56.2 Å². The third kappa shape index (κ3) is 1.23. The number of furan rings is 1. The average molecular weight is 240 g/mol. The van der Waals surface area contributed by atoms with E-state index in [4.69, 9.17) is 10.2 Å². The van der Waals surface area contributed by atoms with Crippen LogP contribution >= 0.6 is 15.9 Å². The molecule has 0 saturated heterocycles. The number of amides is 1. The van der Waals surface area contributed by atoms with Crippen LogP contribution < -0.4 is 5.73 Å². The van der Waals surface area contributed by atoms with Crippen LogP contribution in [-0.2, 0) is 0 Å². The second-order valence-electron chi connectivity index (χ2n) is 2.61. The zero-order chi connectivity index (χ0) is 9.42. The predicted octanol–water partition coefficient (Wildman–Crippen LogP) is 2.29. The number of carbonyl (C=O) groups is 1. The molecule has 13 heavy (non-hydrogen) atoms. The monoisotopic (exact) mass is 239 g/mol. The number of hydrogen-bond donors (Lipinski definition) is 1. The third-order valence-electron chi connectivity index (χ3n) is 1.76. The second-order valence-corrected chi connectivity index (χ2v) is 3.40. The molecular weight excluding hydrogens is 234 g/mol. The van der Waals surface area contributed by atoms with E-state index in [9.17, 15) is 4.79 Å². The van der Waals surface area contributed by atoms with E-state index in [-0.39, 0.29) is 5.76 Å². The van der Waals surface area contributed by atoms with Gasteiger partial charge in [0.05, 0.1) is 4.47 Å². The zero-order valence-corrected chi connectivity index (χ0v) is 8.17. The molecule has 0 aliphatic carbocycles. The molecule has 0 aliphatic heterocycles. The van der Waals surface area contributed by atoms with Crippen molar-refractivity contribution >= 4 is 32.8 Å². The van der Waals surface area contributed by atoms with Gasteiger partial charge in [-0.3, -0.25) is 4.79 Å². The Morgan fingerprint density at radius 2 is 2.08 bits per heavy atom. The Bertz CT molecular complexity index is 475. The van der Waals surface area contributed by atoms with Gasteiger partial charge in [0.2, 0.25) is 5.76 Å². The van der Waals surface area contributed by atoms with Crippen molar-refractivity contribution in [3.05, 3.63) is 34.5 Å². The molecule has 0 atom stereocenters. The van der Waals surface area contributed by atoms with Crippen molar-refractivity contribution in [1.29, 1.82) is 0 Å². The second kappa shape index (κ2) is 2.88. The molecular formula is C9H6BrNO2. The molecule has 3 nitrogen and oxygen atoms in total. The number of para-hydroxylation sites is 1. The Balaban J connectivity index is 2.81. The number of carbonyl (C=O) groups excluding carboxylic acids is 1. The Morgan fingerprint density at radius 1 is 1.38 bits per heavy atom. The van der Waals surface area contributed by atoms with Crippen molar-refractivity contribution in [3.63, 3.8) is 0 Å². The van der Waals surface area contributed by atoms with Crippen LogP contribution in [0.1, 0.15) is 10.6 Å². The summed E-state index contributed by atoms with van der Waals surface area (Å²) in [5, 5.41) is 0.858. The van der Waals surface area contributed by atoms with Gasteiger partial charge in [-0.15, -0.1) is 0 Å². The van der Waals surface area contributed by atoms with Gasteiger partial charge in [-0.25, -0.2) is 0 Å². The summed E-state index contributed by atoms with van der Waals surface area (Å²) in [6.45, 7) is 0. The van der Waals surface area contributed by atoms with Crippen molar-refractivity contribution < 1.29 is 9.21 Å². The molecule has 1 amide bonds. The number of nitrogens with two attached hydrogens (primary N) is 1. The zero-order valence-electron chi connectivity index (χ0n) is 6.58. The third-order valence-corrected chi connectivity index (χ3v) is 2.55. The van der Waals surface area contributed by atoms with E-state index in [1.54, 1.807) is 6.07 Å². The fourth-order valence-electron chi connectivity index (χ4n) is 1.17. The first kappa shape index (κ1) is 8.31. The van der Waals surface area contributed by atoms with Gasteiger partial charge in [-0.05, 0) is 28.1 Å². The van der Waals surface area contributed by atoms with Crippen LogP contribution in [0.5, 0.6) is 0 Å². The summed E-state index contributed by atoms with van der Waals surface area (Å²) in [6, 6.07) is 7.35.